The van der Waals surface area contributed by atoms with E-state index in [1.165, 1.54) is 33.0 Å². The van der Waals surface area contributed by atoms with E-state index in [0.717, 1.165) is 65.4 Å². The Hall–Kier alpha value is -6.18. The van der Waals surface area contributed by atoms with Crippen molar-refractivity contribution < 1.29 is 5.79 Å². The number of hydrogen-bond donors (Lipinski definition) is 0. The molecule has 10 rings (SSSR count). The average molecular weight is 598 g/mol. The van der Waals surface area contributed by atoms with Crippen molar-refractivity contribution in [2.75, 3.05) is 0 Å². The zero-order valence-electron chi connectivity index (χ0n) is 26.5. The molecule has 0 unspecified atom stereocenters. The van der Waals surface area contributed by atoms with E-state index in [9.17, 15) is 1.37 Å². The summed E-state index contributed by atoms with van der Waals surface area (Å²) in [6.07, 6.45) is 0. The molecule has 0 N–H and O–H groups in total. The molecule has 0 aliphatic heterocycles. The lowest BCUT2D eigenvalue weighted by Gasteiger charge is -2.19. The first-order valence-corrected chi connectivity index (χ1v) is 16.1. The van der Waals surface area contributed by atoms with Gasteiger partial charge in [-0.25, -0.2) is 0 Å². The lowest BCUT2D eigenvalue weighted by atomic mass is 9.84. The lowest BCUT2D eigenvalue weighted by Crippen LogP contribution is -1.92. The van der Waals surface area contributed by atoms with Crippen LogP contribution in [0.3, 0.4) is 0 Å². The summed E-state index contributed by atoms with van der Waals surface area (Å²) in [5.41, 5.74) is 8.42. The van der Waals surface area contributed by atoms with Crippen molar-refractivity contribution in [3.05, 3.63) is 170 Å². The van der Waals surface area contributed by atoms with Crippen molar-refractivity contribution >= 4 is 65.0 Å². The molecular weight excluding hydrogens is 569 g/mol. The Bertz CT molecular complexity index is 2820. The summed E-state index contributed by atoms with van der Waals surface area (Å²) in [5.74, 6) is 0. The quantitative estimate of drug-likeness (QED) is 0.185. The highest BCUT2D eigenvalue weighted by Crippen LogP contribution is 2.48. The van der Waals surface area contributed by atoms with Gasteiger partial charge in [-0.15, -0.1) is 0 Å². The summed E-state index contributed by atoms with van der Waals surface area (Å²) in [6, 6.07) is 58.4. The van der Waals surface area contributed by atoms with Crippen LogP contribution in [0.4, 0.5) is 0 Å². The first kappa shape index (κ1) is 25.1. The van der Waals surface area contributed by atoms with Crippen LogP contribution in [0.25, 0.3) is 98.4 Å². The highest BCUT2D eigenvalue weighted by atomic mass is 16.3. The topological polar surface area (TPSA) is 13.1 Å². The minimum atomic E-state index is 0.494. The third kappa shape index (κ3) is 3.90. The number of hydrogen-bond acceptors (Lipinski definition) is 1. The van der Waals surface area contributed by atoms with Crippen molar-refractivity contribution in [2.24, 2.45) is 0 Å². The average Bonchev–Trinajstić information content (AvgIpc) is 3.56. The van der Waals surface area contributed by atoms with Crippen LogP contribution in [0, 0.1) is 0 Å². The van der Waals surface area contributed by atoms with Crippen LogP contribution in [0.5, 0.6) is 0 Å². The van der Waals surface area contributed by atoms with Gasteiger partial charge in [0.25, 0.3) is 0 Å². The largest absolute Gasteiger partial charge is 0.455 e. The Kier molecular flexibility index (Phi) is 5.42. The molecule has 0 aliphatic rings. The molecule has 0 spiro atoms. The van der Waals surface area contributed by atoms with Crippen LogP contribution < -0.4 is 0 Å². The molecule has 0 aliphatic carbocycles. The van der Waals surface area contributed by atoms with Gasteiger partial charge in [0, 0.05) is 21.5 Å². The maximum absolute atomic E-state index is 9.98. The zero-order valence-corrected chi connectivity index (χ0v) is 25.5. The Morgan fingerprint density at radius 1 is 0.319 bits per heavy atom. The van der Waals surface area contributed by atoms with Gasteiger partial charge in [0.15, 0.2) is 0 Å². The van der Waals surface area contributed by atoms with E-state index in [-0.39, 0.29) is 0 Å². The van der Waals surface area contributed by atoms with Crippen LogP contribution in [0.1, 0.15) is 1.37 Å². The maximum atomic E-state index is 9.98. The van der Waals surface area contributed by atoms with E-state index < -0.39 is 0 Å². The minimum Gasteiger partial charge on any atom is -0.455 e. The molecule has 1 heteroatoms. The number of rotatable bonds is 3. The van der Waals surface area contributed by atoms with Crippen LogP contribution in [-0.4, -0.2) is 0 Å². The van der Waals surface area contributed by atoms with E-state index in [0.29, 0.717) is 6.04 Å². The summed E-state index contributed by atoms with van der Waals surface area (Å²) < 4.78 is 16.7. The smallest absolute Gasteiger partial charge is 0.143 e. The van der Waals surface area contributed by atoms with Gasteiger partial charge >= 0.3 is 0 Å². The molecule has 0 fully saturated rings. The van der Waals surface area contributed by atoms with Gasteiger partial charge in [0.1, 0.15) is 11.2 Å². The third-order valence-electron chi connectivity index (χ3n) is 9.73. The number of fused-ring (bicyclic) bond motifs is 9. The molecule has 218 valence electrons. The molecule has 1 aromatic heterocycles. The van der Waals surface area contributed by atoms with Gasteiger partial charge in [-0.05, 0) is 77.8 Å². The summed E-state index contributed by atoms with van der Waals surface area (Å²) in [6.45, 7) is 0. The Morgan fingerprint density at radius 3 is 1.47 bits per heavy atom. The fourth-order valence-corrected chi connectivity index (χ4v) is 7.60. The molecule has 1 heterocycles. The molecule has 0 amide bonds. The second-order valence-electron chi connectivity index (χ2n) is 12.3. The lowest BCUT2D eigenvalue weighted by molar-refractivity contribution is 0.676. The highest BCUT2D eigenvalue weighted by molar-refractivity contribution is 6.28. The Balaban J connectivity index is 1.32. The Morgan fingerprint density at radius 2 is 0.787 bits per heavy atom. The molecule has 47 heavy (non-hydrogen) atoms. The summed E-state index contributed by atoms with van der Waals surface area (Å²) in [4.78, 5) is 0. The van der Waals surface area contributed by atoms with Crippen LogP contribution in [0.2, 0.25) is 0 Å². The zero-order chi connectivity index (χ0) is 31.8. The van der Waals surface area contributed by atoms with Crippen molar-refractivity contribution in [2.45, 2.75) is 0 Å². The van der Waals surface area contributed by atoms with Gasteiger partial charge in [0.05, 0.1) is 1.37 Å². The molecule has 10 aromatic rings. The summed E-state index contributed by atoms with van der Waals surface area (Å²) in [7, 11) is 0. The standard InChI is InChI=1S/C46H28O/c1-2-12-29(13-3-1)30-22-24-32(25-23-30)43-35-17-7-9-19-37(35)44(38-20-10-8-18-36(38)43)41-28-42-40-27-26-31-14-4-5-15-33(31)45(40)47-46(42)39-21-11-6-16-34(39)41/h1-28H/i28D. The molecule has 1 nitrogen and oxygen atoms in total. The van der Waals surface area contributed by atoms with E-state index in [1.807, 2.05) is 0 Å². The minimum absolute atomic E-state index is 0.494. The monoisotopic (exact) mass is 597 g/mol. The van der Waals surface area contributed by atoms with Crippen LogP contribution >= 0.6 is 0 Å². The van der Waals surface area contributed by atoms with Crippen molar-refractivity contribution in [3.63, 3.8) is 0 Å². The van der Waals surface area contributed by atoms with Gasteiger partial charge in [-0.3, -0.25) is 0 Å². The summed E-state index contributed by atoms with van der Waals surface area (Å²) >= 11 is 0. The predicted molar refractivity (Wildman–Crippen MR) is 200 cm³/mol. The maximum Gasteiger partial charge on any atom is 0.143 e. The van der Waals surface area contributed by atoms with Gasteiger partial charge < -0.3 is 4.42 Å². The molecule has 0 saturated heterocycles. The molecule has 9 aromatic carbocycles. The fourth-order valence-electron chi connectivity index (χ4n) is 7.60. The third-order valence-corrected chi connectivity index (χ3v) is 9.73. The molecule has 0 atom stereocenters. The highest BCUT2D eigenvalue weighted by Gasteiger charge is 2.21. The molecular formula is C46H28O. The van der Waals surface area contributed by atoms with Gasteiger partial charge in [-0.2, -0.15) is 0 Å². The first-order valence-electron chi connectivity index (χ1n) is 16.6. The SMILES string of the molecule is [2H]c1c(-c2c3ccccc3c(-c3ccc(-c4ccccc4)cc3)c3ccccc23)c2ccccc2c2oc3c4ccccc4ccc3c12. The predicted octanol–water partition coefficient (Wildman–Crippen LogP) is 13.2. The fraction of sp³-hybridized carbons (Fsp3) is 0. The van der Waals surface area contributed by atoms with E-state index in [1.54, 1.807) is 0 Å². The van der Waals surface area contributed by atoms with Crippen LogP contribution in [0.15, 0.2) is 174 Å². The van der Waals surface area contributed by atoms with E-state index in [4.69, 9.17) is 4.42 Å². The Labute approximate surface area is 273 Å². The van der Waals surface area contributed by atoms with Gasteiger partial charge in [-0.1, -0.05) is 158 Å². The molecule has 0 bridgehead atoms. The van der Waals surface area contributed by atoms with Crippen molar-refractivity contribution in [1.29, 1.82) is 0 Å². The number of furan rings is 1. The number of benzene rings is 9. The van der Waals surface area contributed by atoms with E-state index in [2.05, 4.69) is 164 Å². The van der Waals surface area contributed by atoms with Crippen molar-refractivity contribution in [3.8, 4) is 33.4 Å². The van der Waals surface area contributed by atoms with Crippen LogP contribution in [-0.2, 0) is 0 Å². The van der Waals surface area contributed by atoms with Crippen molar-refractivity contribution in [1.82, 2.24) is 0 Å². The second kappa shape index (κ2) is 10.2. The normalized spacial score (nSPS) is 12.1. The van der Waals surface area contributed by atoms with Gasteiger partial charge in [0.2, 0.25) is 0 Å². The molecule has 0 radical (unpaired) electrons. The first-order chi connectivity index (χ1) is 23.8. The molecule has 0 saturated carbocycles. The second-order valence-corrected chi connectivity index (χ2v) is 12.3. The summed E-state index contributed by atoms with van der Waals surface area (Å²) in [5, 5.41) is 10.7. The van der Waals surface area contributed by atoms with E-state index >= 15 is 0 Å².